The van der Waals surface area contributed by atoms with Crippen molar-refractivity contribution in [3.8, 4) is 0 Å². The van der Waals surface area contributed by atoms with Gasteiger partial charge in [0, 0.05) is 49.6 Å². The zero-order valence-corrected chi connectivity index (χ0v) is 14.9. The molecule has 3 heterocycles. The summed E-state index contributed by atoms with van der Waals surface area (Å²) >= 11 is 0. The van der Waals surface area contributed by atoms with E-state index in [1.54, 1.807) is 0 Å². The number of aryl methyl sites for hydroxylation is 2. The van der Waals surface area contributed by atoms with Crippen molar-refractivity contribution in [2.75, 3.05) is 6.54 Å². The quantitative estimate of drug-likeness (QED) is 0.769. The number of H-pyrrole nitrogens is 2. The average molecular weight is 336 g/mol. The Hall–Kier alpha value is -2.40. The second kappa shape index (κ2) is 6.48. The van der Waals surface area contributed by atoms with Gasteiger partial charge in [-0.05, 0) is 31.0 Å². The van der Waals surface area contributed by atoms with Gasteiger partial charge in [0.05, 0.1) is 11.3 Å². The molecule has 1 aliphatic rings. The predicted molar refractivity (Wildman–Crippen MR) is 99.7 cm³/mol. The number of nitrogens with zero attached hydrogens (tertiary/aromatic N) is 2. The third-order valence-electron chi connectivity index (χ3n) is 5.00. The number of hydrogen-bond acceptors (Lipinski definition) is 3. The molecule has 25 heavy (non-hydrogen) atoms. The Kier molecular flexibility index (Phi) is 4.17. The molecule has 5 nitrogen and oxygen atoms in total. The number of aromatic amines is 2. The number of nitrogens with one attached hydrogen (secondary N) is 2. The van der Waals surface area contributed by atoms with Gasteiger partial charge < -0.3 is 9.97 Å². The number of fused-ring (bicyclic) bond motifs is 2. The van der Waals surface area contributed by atoms with Gasteiger partial charge in [0.1, 0.15) is 5.82 Å². The van der Waals surface area contributed by atoms with E-state index in [9.17, 15) is 4.79 Å². The fourth-order valence-corrected chi connectivity index (χ4v) is 3.69. The second-order valence-corrected chi connectivity index (χ2v) is 7.01. The fourth-order valence-electron chi connectivity index (χ4n) is 3.69. The summed E-state index contributed by atoms with van der Waals surface area (Å²) in [7, 11) is 0. The Labute approximate surface area is 147 Å². The van der Waals surface area contributed by atoms with Crippen LogP contribution in [-0.4, -0.2) is 26.4 Å². The molecule has 1 aliphatic heterocycles. The Morgan fingerprint density at radius 3 is 3.04 bits per heavy atom. The lowest BCUT2D eigenvalue weighted by molar-refractivity contribution is 0.242. The topological polar surface area (TPSA) is 64.8 Å². The highest BCUT2D eigenvalue weighted by molar-refractivity contribution is 5.83. The molecule has 0 aliphatic carbocycles. The molecule has 0 radical (unpaired) electrons. The van der Waals surface area contributed by atoms with Crippen molar-refractivity contribution in [3.63, 3.8) is 0 Å². The molecule has 130 valence electrons. The first-order valence-electron chi connectivity index (χ1n) is 9.04. The van der Waals surface area contributed by atoms with Crippen LogP contribution in [0.5, 0.6) is 0 Å². The van der Waals surface area contributed by atoms with Gasteiger partial charge in [0.25, 0.3) is 5.56 Å². The average Bonchev–Trinajstić information content (AvgIpc) is 2.98. The molecule has 0 fully saturated rings. The smallest absolute Gasteiger partial charge is 0.255 e. The van der Waals surface area contributed by atoms with Crippen molar-refractivity contribution < 1.29 is 0 Å². The zero-order valence-electron chi connectivity index (χ0n) is 14.9. The van der Waals surface area contributed by atoms with E-state index in [1.165, 1.54) is 22.0 Å². The van der Waals surface area contributed by atoms with Crippen LogP contribution in [0, 0.1) is 6.92 Å². The zero-order chi connectivity index (χ0) is 17.4. The first-order valence-corrected chi connectivity index (χ1v) is 9.04. The summed E-state index contributed by atoms with van der Waals surface area (Å²) in [6.45, 7) is 6.67. The van der Waals surface area contributed by atoms with Crippen molar-refractivity contribution in [1.82, 2.24) is 19.9 Å². The highest BCUT2D eigenvalue weighted by Crippen LogP contribution is 2.23. The van der Waals surface area contributed by atoms with Crippen LogP contribution in [0.1, 0.15) is 41.6 Å². The lowest BCUT2D eigenvalue weighted by atomic mass is 10.0. The van der Waals surface area contributed by atoms with Crippen LogP contribution in [0.25, 0.3) is 10.9 Å². The van der Waals surface area contributed by atoms with Crippen molar-refractivity contribution in [2.45, 2.75) is 46.2 Å². The molecule has 0 spiro atoms. The molecule has 2 aromatic heterocycles. The first-order chi connectivity index (χ1) is 12.1. The third-order valence-corrected chi connectivity index (χ3v) is 5.00. The summed E-state index contributed by atoms with van der Waals surface area (Å²) in [6.07, 6.45) is 4.76. The number of benzene rings is 1. The van der Waals surface area contributed by atoms with E-state index in [1.807, 2.05) is 0 Å². The summed E-state index contributed by atoms with van der Waals surface area (Å²) in [5, 5.41) is 1.27. The summed E-state index contributed by atoms with van der Waals surface area (Å²) < 4.78 is 0. The maximum atomic E-state index is 12.4. The fraction of sp³-hybridized carbons (Fsp3) is 0.400. The maximum absolute atomic E-state index is 12.4. The van der Waals surface area contributed by atoms with Crippen LogP contribution in [-0.2, 0) is 25.9 Å². The normalized spacial score (nSPS) is 14.8. The van der Waals surface area contributed by atoms with E-state index in [0.29, 0.717) is 6.54 Å². The highest BCUT2D eigenvalue weighted by atomic mass is 16.1. The lowest BCUT2D eigenvalue weighted by Crippen LogP contribution is -2.35. The van der Waals surface area contributed by atoms with E-state index in [4.69, 9.17) is 0 Å². The van der Waals surface area contributed by atoms with Crippen molar-refractivity contribution in [3.05, 3.63) is 63.0 Å². The van der Waals surface area contributed by atoms with Crippen LogP contribution in [0.4, 0.5) is 0 Å². The van der Waals surface area contributed by atoms with E-state index in [0.717, 1.165) is 49.4 Å². The molecule has 0 bridgehead atoms. The van der Waals surface area contributed by atoms with Gasteiger partial charge in [-0.3, -0.25) is 9.69 Å². The first kappa shape index (κ1) is 16.1. The highest BCUT2D eigenvalue weighted by Gasteiger charge is 2.21. The SMILES string of the molecule is CCCc1nc2c(c(=O)[nH]1)CN(Cc1c[nH]c3ccc(C)cc13)CC2. The molecule has 0 atom stereocenters. The molecule has 5 heteroatoms. The Morgan fingerprint density at radius 2 is 2.20 bits per heavy atom. The molecule has 0 saturated heterocycles. The molecule has 0 saturated carbocycles. The predicted octanol–water partition coefficient (Wildman–Crippen LogP) is 3.07. The minimum atomic E-state index is 0.0351. The van der Waals surface area contributed by atoms with Crippen molar-refractivity contribution in [2.24, 2.45) is 0 Å². The third kappa shape index (κ3) is 3.12. The van der Waals surface area contributed by atoms with Crippen LogP contribution in [0.2, 0.25) is 0 Å². The van der Waals surface area contributed by atoms with Crippen molar-refractivity contribution in [1.29, 1.82) is 0 Å². The van der Waals surface area contributed by atoms with Gasteiger partial charge in [-0.15, -0.1) is 0 Å². The summed E-state index contributed by atoms with van der Waals surface area (Å²) in [4.78, 5) is 25.7. The van der Waals surface area contributed by atoms with Crippen LogP contribution in [0.3, 0.4) is 0 Å². The molecule has 0 unspecified atom stereocenters. The standard InChI is InChI=1S/C20H24N4O/c1-3-4-19-22-18-7-8-24(12-16(18)20(25)23-19)11-14-10-21-17-6-5-13(2)9-15(14)17/h5-6,9-10,21H,3-4,7-8,11-12H2,1-2H3,(H,22,23,25). The molecule has 2 N–H and O–H groups in total. The van der Waals surface area contributed by atoms with Gasteiger partial charge in [-0.25, -0.2) is 4.98 Å². The Balaban J connectivity index is 1.58. The minimum Gasteiger partial charge on any atom is -0.361 e. The Morgan fingerprint density at radius 1 is 1.32 bits per heavy atom. The van der Waals surface area contributed by atoms with E-state index in [2.05, 4.69) is 58.1 Å². The van der Waals surface area contributed by atoms with E-state index < -0.39 is 0 Å². The van der Waals surface area contributed by atoms with Gasteiger partial charge in [-0.1, -0.05) is 18.6 Å². The molecule has 0 amide bonds. The summed E-state index contributed by atoms with van der Waals surface area (Å²) in [5.74, 6) is 0.826. The largest absolute Gasteiger partial charge is 0.361 e. The number of aromatic nitrogens is 3. The summed E-state index contributed by atoms with van der Waals surface area (Å²) in [6, 6.07) is 6.48. The van der Waals surface area contributed by atoms with Crippen molar-refractivity contribution >= 4 is 10.9 Å². The van der Waals surface area contributed by atoms with E-state index in [-0.39, 0.29) is 5.56 Å². The minimum absolute atomic E-state index is 0.0351. The monoisotopic (exact) mass is 336 g/mol. The molecule has 3 aromatic rings. The van der Waals surface area contributed by atoms with Gasteiger partial charge >= 0.3 is 0 Å². The van der Waals surface area contributed by atoms with Gasteiger partial charge in [0.15, 0.2) is 0 Å². The number of hydrogen-bond donors (Lipinski definition) is 2. The molecule has 4 rings (SSSR count). The molecular weight excluding hydrogens is 312 g/mol. The lowest BCUT2D eigenvalue weighted by Gasteiger charge is -2.27. The van der Waals surface area contributed by atoms with Gasteiger partial charge in [-0.2, -0.15) is 0 Å². The summed E-state index contributed by atoms with van der Waals surface area (Å²) in [5.41, 5.74) is 5.57. The van der Waals surface area contributed by atoms with Crippen LogP contribution >= 0.6 is 0 Å². The molecular formula is C20H24N4O. The van der Waals surface area contributed by atoms with Gasteiger partial charge in [0.2, 0.25) is 0 Å². The van der Waals surface area contributed by atoms with E-state index >= 15 is 0 Å². The maximum Gasteiger partial charge on any atom is 0.255 e. The van der Waals surface area contributed by atoms with Crippen LogP contribution < -0.4 is 5.56 Å². The van der Waals surface area contributed by atoms with Crippen LogP contribution in [0.15, 0.2) is 29.2 Å². The second-order valence-electron chi connectivity index (χ2n) is 7.01. The number of rotatable bonds is 4. The molecule has 1 aromatic carbocycles. The Bertz CT molecular complexity index is 969.